The van der Waals surface area contributed by atoms with Gasteiger partial charge in [0.1, 0.15) is 0 Å². The minimum Gasteiger partial charge on any atom is -0.307 e. The van der Waals surface area contributed by atoms with E-state index < -0.39 is 12.7 Å². The van der Waals surface area contributed by atoms with Crippen molar-refractivity contribution in [3.05, 3.63) is 34.3 Å². The Balaban J connectivity index is 1.81. The molecule has 0 spiro atoms. The van der Waals surface area contributed by atoms with Gasteiger partial charge in [0.25, 0.3) is 0 Å². The molecule has 0 bridgehead atoms. The average Bonchev–Trinajstić information content (AvgIpc) is 2.39. The van der Waals surface area contributed by atoms with Gasteiger partial charge in [-0.05, 0) is 50.6 Å². The molecule has 1 aromatic rings. The highest BCUT2D eigenvalue weighted by atomic mass is 79.9. The second-order valence-electron chi connectivity index (χ2n) is 5.61. The minimum atomic E-state index is -4.09. The Morgan fingerprint density at radius 2 is 2.00 bits per heavy atom. The van der Waals surface area contributed by atoms with Gasteiger partial charge in [-0.1, -0.05) is 28.1 Å². The monoisotopic (exact) mass is 364 g/mol. The lowest BCUT2D eigenvalue weighted by molar-refractivity contribution is -0.148. The molecule has 1 fully saturated rings. The van der Waals surface area contributed by atoms with Crippen LogP contribution < -0.4 is 5.32 Å². The fraction of sp³-hybridized carbons (Fsp3) is 0.600. The van der Waals surface area contributed by atoms with E-state index in [1.807, 2.05) is 12.1 Å². The Hall–Kier alpha value is -0.590. The van der Waals surface area contributed by atoms with Gasteiger partial charge in [-0.3, -0.25) is 4.90 Å². The van der Waals surface area contributed by atoms with Crippen molar-refractivity contribution >= 4 is 15.9 Å². The minimum absolute atomic E-state index is 0.196. The van der Waals surface area contributed by atoms with Crippen molar-refractivity contribution in [2.75, 3.05) is 19.6 Å². The maximum absolute atomic E-state index is 12.3. The highest BCUT2D eigenvalue weighted by Gasteiger charge is 2.32. The molecule has 1 saturated heterocycles. The maximum atomic E-state index is 12.3. The van der Waals surface area contributed by atoms with E-state index >= 15 is 0 Å². The van der Waals surface area contributed by atoms with Gasteiger partial charge in [-0.25, -0.2) is 0 Å². The number of hydrogen-bond donors (Lipinski definition) is 1. The van der Waals surface area contributed by atoms with Crippen LogP contribution in [-0.4, -0.2) is 36.8 Å². The maximum Gasteiger partial charge on any atom is 0.401 e. The first kappa shape index (κ1) is 16.8. The molecule has 0 aromatic heterocycles. The van der Waals surface area contributed by atoms with Crippen molar-refractivity contribution < 1.29 is 13.2 Å². The molecular formula is C15H20BrF3N2. The van der Waals surface area contributed by atoms with Crippen LogP contribution in [0.15, 0.2) is 28.7 Å². The summed E-state index contributed by atoms with van der Waals surface area (Å²) in [4.78, 5) is 1.49. The molecule has 21 heavy (non-hydrogen) atoms. The highest BCUT2D eigenvalue weighted by molar-refractivity contribution is 9.10. The molecule has 1 heterocycles. The number of nitrogens with zero attached hydrogens (tertiary/aromatic N) is 1. The van der Waals surface area contributed by atoms with Gasteiger partial charge in [0.2, 0.25) is 0 Å². The van der Waals surface area contributed by atoms with Crippen LogP contribution >= 0.6 is 15.9 Å². The summed E-state index contributed by atoms with van der Waals surface area (Å²) < 4.78 is 38.1. The highest BCUT2D eigenvalue weighted by Crippen LogP contribution is 2.22. The van der Waals surface area contributed by atoms with Crippen LogP contribution in [0, 0.1) is 0 Å². The van der Waals surface area contributed by atoms with Crippen molar-refractivity contribution in [2.24, 2.45) is 0 Å². The van der Waals surface area contributed by atoms with Crippen LogP contribution in [0.3, 0.4) is 0 Å². The second kappa shape index (κ2) is 7.11. The Kier molecular flexibility index (Phi) is 5.68. The number of alkyl halides is 3. The lowest BCUT2D eigenvalue weighted by Gasteiger charge is -2.34. The Labute approximate surface area is 131 Å². The third-order valence-corrected chi connectivity index (χ3v) is 4.32. The lowest BCUT2D eigenvalue weighted by Crippen LogP contribution is -2.46. The Morgan fingerprint density at radius 1 is 1.33 bits per heavy atom. The van der Waals surface area contributed by atoms with E-state index in [0.717, 1.165) is 17.3 Å². The summed E-state index contributed by atoms with van der Waals surface area (Å²) in [6, 6.07) is 8.57. The number of halogens is 4. The van der Waals surface area contributed by atoms with E-state index in [-0.39, 0.29) is 12.1 Å². The van der Waals surface area contributed by atoms with Crippen molar-refractivity contribution in [2.45, 2.75) is 38.0 Å². The number of likely N-dealkylation sites (tertiary alicyclic amines) is 1. The van der Waals surface area contributed by atoms with Gasteiger partial charge in [0.05, 0.1) is 6.54 Å². The summed E-state index contributed by atoms with van der Waals surface area (Å²) in [5.41, 5.74) is 1.18. The standard InChI is InChI=1S/C15H20BrF3N2/c1-11(12-3-2-4-13(16)9-12)20-14-5-7-21(8-6-14)10-15(17,18)19/h2-4,9,11,14,20H,5-8,10H2,1H3/t11-/m0/s1. The summed E-state index contributed by atoms with van der Waals surface area (Å²) >= 11 is 3.45. The third-order valence-electron chi connectivity index (χ3n) is 3.82. The summed E-state index contributed by atoms with van der Waals surface area (Å²) in [6.45, 7) is 2.30. The van der Waals surface area contributed by atoms with Crippen molar-refractivity contribution in [3.8, 4) is 0 Å². The van der Waals surface area contributed by atoms with Crippen LogP contribution in [0.1, 0.15) is 31.4 Å². The molecule has 0 aliphatic carbocycles. The second-order valence-corrected chi connectivity index (χ2v) is 6.52. The fourth-order valence-corrected chi connectivity index (χ4v) is 3.15. The zero-order chi connectivity index (χ0) is 15.5. The Bertz CT molecular complexity index is 456. The number of rotatable bonds is 4. The molecule has 2 nitrogen and oxygen atoms in total. The summed E-state index contributed by atoms with van der Waals surface area (Å²) in [5.74, 6) is 0. The topological polar surface area (TPSA) is 15.3 Å². The van der Waals surface area contributed by atoms with E-state index in [4.69, 9.17) is 0 Å². The summed E-state index contributed by atoms with van der Waals surface area (Å²) in [6.07, 6.45) is -2.58. The van der Waals surface area contributed by atoms with E-state index in [9.17, 15) is 13.2 Å². The third kappa shape index (κ3) is 5.60. The van der Waals surface area contributed by atoms with E-state index in [1.54, 1.807) is 0 Å². The molecule has 2 rings (SSSR count). The number of piperidine rings is 1. The van der Waals surface area contributed by atoms with Gasteiger partial charge in [0, 0.05) is 16.6 Å². The van der Waals surface area contributed by atoms with E-state index in [0.29, 0.717) is 13.1 Å². The summed E-state index contributed by atoms with van der Waals surface area (Å²) in [5, 5.41) is 3.52. The van der Waals surface area contributed by atoms with Crippen LogP contribution in [0.4, 0.5) is 13.2 Å². The predicted molar refractivity (Wildman–Crippen MR) is 81.2 cm³/mol. The number of benzene rings is 1. The summed E-state index contributed by atoms with van der Waals surface area (Å²) in [7, 11) is 0. The van der Waals surface area contributed by atoms with Gasteiger partial charge in [-0.15, -0.1) is 0 Å². The molecular weight excluding hydrogens is 345 g/mol. The molecule has 0 amide bonds. The van der Waals surface area contributed by atoms with Gasteiger partial charge >= 0.3 is 6.18 Å². The van der Waals surface area contributed by atoms with Gasteiger partial charge in [-0.2, -0.15) is 13.2 Å². The number of hydrogen-bond acceptors (Lipinski definition) is 2. The first-order valence-electron chi connectivity index (χ1n) is 7.14. The van der Waals surface area contributed by atoms with E-state index in [2.05, 4.69) is 40.3 Å². The molecule has 0 radical (unpaired) electrons. The van der Waals surface area contributed by atoms with Crippen molar-refractivity contribution in [1.82, 2.24) is 10.2 Å². The molecule has 1 aliphatic heterocycles. The molecule has 0 saturated carbocycles. The lowest BCUT2D eigenvalue weighted by atomic mass is 10.0. The van der Waals surface area contributed by atoms with Crippen molar-refractivity contribution in [1.29, 1.82) is 0 Å². The van der Waals surface area contributed by atoms with Crippen LogP contribution in [-0.2, 0) is 0 Å². The van der Waals surface area contributed by atoms with Crippen LogP contribution in [0.5, 0.6) is 0 Å². The predicted octanol–water partition coefficient (Wildman–Crippen LogP) is 4.13. The molecule has 118 valence electrons. The fourth-order valence-electron chi connectivity index (χ4n) is 2.74. The zero-order valence-electron chi connectivity index (χ0n) is 12.0. The largest absolute Gasteiger partial charge is 0.401 e. The average molecular weight is 365 g/mol. The normalized spacial score (nSPS) is 19.7. The quantitative estimate of drug-likeness (QED) is 0.863. The van der Waals surface area contributed by atoms with Crippen LogP contribution in [0.2, 0.25) is 0 Å². The molecule has 1 aromatic carbocycles. The molecule has 1 atom stereocenters. The molecule has 1 aliphatic rings. The SMILES string of the molecule is C[C@H](NC1CCN(CC(F)(F)F)CC1)c1cccc(Br)c1. The first-order valence-corrected chi connectivity index (χ1v) is 7.93. The smallest absolute Gasteiger partial charge is 0.307 e. The van der Waals surface area contributed by atoms with Gasteiger partial charge in [0.15, 0.2) is 0 Å². The Morgan fingerprint density at radius 3 is 2.57 bits per heavy atom. The van der Waals surface area contributed by atoms with E-state index in [1.165, 1.54) is 10.5 Å². The molecule has 1 N–H and O–H groups in total. The van der Waals surface area contributed by atoms with Gasteiger partial charge < -0.3 is 5.32 Å². The van der Waals surface area contributed by atoms with Crippen molar-refractivity contribution in [3.63, 3.8) is 0 Å². The number of nitrogens with one attached hydrogen (secondary N) is 1. The molecule has 6 heteroatoms. The van der Waals surface area contributed by atoms with Crippen LogP contribution in [0.25, 0.3) is 0 Å². The first-order chi connectivity index (χ1) is 9.83. The molecule has 0 unspecified atom stereocenters. The zero-order valence-corrected chi connectivity index (χ0v) is 13.5.